The summed E-state index contributed by atoms with van der Waals surface area (Å²) in [5, 5.41) is 8.43. The summed E-state index contributed by atoms with van der Waals surface area (Å²) in [5.74, 6) is 0. The van der Waals surface area contributed by atoms with Crippen LogP contribution in [0.15, 0.2) is 27.6 Å². The number of hydrogen-bond acceptors (Lipinski definition) is 2. The van der Waals surface area contributed by atoms with Gasteiger partial charge in [0.05, 0.1) is 6.07 Å². The lowest BCUT2D eigenvalue weighted by Crippen LogP contribution is -1.84. The molecule has 0 aliphatic heterocycles. The number of rotatable bonds is 3. The minimum absolute atomic E-state index is 0.588. The van der Waals surface area contributed by atoms with E-state index in [1.165, 1.54) is 10.5 Å². The molecular formula is C10H10BrNS. The number of thioether (sulfide) groups is 1. The molecule has 0 saturated carbocycles. The second kappa shape index (κ2) is 5.31. The summed E-state index contributed by atoms with van der Waals surface area (Å²) in [5.41, 5.74) is 1.21. The van der Waals surface area contributed by atoms with Gasteiger partial charge in [0.1, 0.15) is 0 Å². The van der Waals surface area contributed by atoms with Crippen molar-refractivity contribution in [1.82, 2.24) is 0 Å². The fourth-order valence-electron chi connectivity index (χ4n) is 1.07. The molecule has 0 N–H and O–H groups in total. The molecule has 0 aliphatic rings. The fraction of sp³-hybridized carbons (Fsp3) is 0.300. The summed E-state index contributed by atoms with van der Waals surface area (Å²) in [6, 6.07) is 8.39. The number of nitrogens with zero attached hydrogens (tertiary/aromatic N) is 1. The van der Waals surface area contributed by atoms with Crippen molar-refractivity contribution < 1.29 is 0 Å². The third-order valence-electron chi connectivity index (χ3n) is 1.74. The normalized spacial score (nSPS) is 9.62. The Kier molecular flexibility index (Phi) is 4.34. The Morgan fingerprint density at radius 3 is 2.85 bits per heavy atom. The first-order valence-electron chi connectivity index (χ1n) is 3.97. The first kappa shape index (κ1) is 10.6. The maximum Gasteiger partial charge on any atom is 0.0625 e. The van der Waals surface area contributed by atoms with Gasteiger partial charge in [-0.2, -0.15) is 5.26 Å². The number of aryl methyl sites for hydroxylation is 1. The van der Waals surface area contributed by atoms with E-state index in [0.717, 1.165) is 10.9 Å². The molecule has 0 aromatic heterocycles. The van der Waals surface area contributed by atoms with Crippen molar-refractivity contribution in [3.63, 3.8) is 0 Å². The molecule has 1 rings (SSSR count). The monoisotopic (exact) mass is 255 g/mol. The van der Waals surface area contributed by atoms with Crippen LogP contribution < -0.4 is 0 Å². The molecule has 0 saturated heterocycles. The number of nitriles is 1. The summed E-state index contributed by atoms with van der Waals surface area (Å²) in [4.78, 5) is 1.24. The van der Waals surface area contributed by atoms with Crippen molar-refractivity contribution in [1.29, 1.82) is 5.26 Å². The van der Waals surface area contributed by atoms with E-state index >= 15 is 0 Å². The van der Waals surface area contributed by atoms with Crippen LogP contribution in [0.1, 0.15) is 12.0 Å². The quantitative estimate of drug-likeness (QED) is 0.771. The van der Waals surface area contributed by atoms with E-state index in [0.29, 0.717) is 6.42 Å². The van der Waals surface area contributed by atoms with Crippen LogP contribution >= 0.6 is 27.7 Å². The van der Waals surface area contributed by atoms with E-state index in [1.54, 1.807) is 11.8 Å². The molecule has 13 heavy (non-hydrogen) atoms. The molecule has 0 atom stereocenters. The molecule has 0 aliphatic carbocycles. The first-order valence-corrected chi connectivity index (χ1v) is 5.99. The van der Waals surface area contributed by atoms with Crippen LogP contribution in [0.2, 0.25) is 0 Å². The van der Waals surface area contributed by atoms with Gasteiger partial charge in [0.25, 0.3) is 0 Å². The zero-order valence-electron chi connectivity index (χ0n) is 7.38. The van der Waals surface area contributed by atoms with Crippen molar-refractivity contribution in [2.45, 2.75) is 17.7 Å². The third kappa shape index (κ3) is 3.06. The summed E-state index contributed by atoms with van der Waals surface area (Å²) in [7, 11) is 0. The van der Waals surface area contributed by atoms with E-state index < -0.39 is 0 Å². The van der Waals surface area contributed by atoms with Crippen molar-refractivity contribution in [3.05, 3.63) is 28.2 Å². The predicted molar refractivity (Wildman–Crippen MR) is 59.9 cm³/mol. The van der Waals surface area contributed by atoms with Crippen molar-refractivity contribution in [3.8, 4) is 6.07 Å². The maximum absolute atomic E-state index is 8.43. The van der Waals surface area contributed by atoms with Gasteiger partial charge in [-0.1, -0.05) is 6.07 Å². The summed E-state index contributed by atoms with van der Waals surface area (Å²) >= 11 is 5.21. The second-order valence-electron chi connectivity index (χ2n) is 2.63. The minimum atomic E-state index is 0.588. The fourth-order valence-corrected chi connectivity index (χ4v) is 2.44. The molecule has 3 heteroatoms. The highest BCUT2D eigenvalue weighted by Gasteiger charge is 1.99. The zero-order chi connectivity index (χ0) is 9.68. The Morgan fingerprint density at radius 1 is 1.54 bits per heavy atom. The standard InChI is InChI=1S/C10H10BrNS/c1-13-10-5-4-8(3-2-6-12)7-9(10)11/h4-5,7H,2-3H2,1H3. The van der Waals surface area contributed by atoms with Crippen LogP contribution in [0.4, 0.5) is 0 Å². The summed E-state index contributed by atoms with van der Waals surface area (Å²) in [6.45, 7) is 0. The van der Waals surface area contributed by atoms with Gasteiger partial charge >= 0.3 is 0 Å². The highest BCUT2D eigenvalue weighted by molar-refractivity contribution is 9.10. The van der Waals surface area contributed by atoms with Gasteiger partial charge in [-0.05, 0) is 46.3 Å². The molecule has 0 bridgehead atoms. The second-order valence-corrected chi connectivity index (χ2v) is 4.33. The molecule has 1 nitrogen and oxygen atoms in total. The molecular weight excluding hydrogens is 246 g/mol. The first-order chi connectivity index (χ1) is 6.27. The number of halogens is 1. The lowest BCUT2D eigenvalue weighted by Gasteiger charge is -2.03. The summed E-state index contributed by atoms with van der Waals surface area (Å²) in [6.07, 6.45) is 3.48. The van der Waals surface area contributed by atoms with Crippen LogP contribution in [0.5, 0.6) is 0 Å². The van der Waals surface area contributed by atoms with E-state index in [2.05, 4.69) is 46.5 Å². The van der Waals surface area contributed by atoms with Crippen LogP contribution in [0, 0.1) is 11.3 Å². The average Bonchev–Trinajstić information content (AvgIpc) is 2.15. The molecule has 0 heterocycles. The number of benzene rings is 1. The Hall–Kier alpha value is -0.460. The summed E-state index contributed by atoms with van der Waals surface area (Å²) < 4.78 is 1.12. The molecule has 1 aromatic rings. The number of hydrogen-bond donors (Lipinski definition) is 0. The van der Waals surface area contributed by atoms with Gasteiger partial charge in [-0.15, -0.1) is 11.8 Å². The molecule has 1 aromatic carbocycles. The van der Waals surface area contributed by atoms with Crippen LogP contribution in [0.3, 0.4) is 0 Å². The molecule has 0 spiro atoms. The van der Waals surface area contributed by atoms with Crippen molar-refractivity contribution in [2.24, 2.45) is 0 Å². The topological polar surface area (TPSA) is 23.8 Å². The Morgan fingerprint density at radius 2 is 2.31 bits per heavy atom. The van der Waals surface area contributed by atoms with Crippen molar-refractivity contribution in [2.75, 3.05) is 6.26 Å². The highest BCUT2D eigenvalue weighted by Crippen LogP contribution is 2.26. The average molecular weight is 256 g/mol. The van der Waals surface area contributed by atoms with Crippen LogP contribution in [-0.4, -0.2) is 6.26 Å². The van der Waals surface area contributed by atoms with Crippen molar-refractivity contribution >= 4 is 27.7 Å². The molecule has 0 amide bonds. The lowest BCUT2D eigenvalue weighted by atomic mass is 10.1. The minimum Gasteiger partial charge on any atom is -0.198 e. The van der Waals surface area contributed by atoms with Gasteiger partial charge in [-0.25, -0.2) is 0 Å². The van der Waals surface area contributed by atoms with Gasteiger partial charge in [0, 0.05) is 15.8 Å². The maximum atomic E-state index is 8.43. The van der Waals surface area contributed by atoms with Gasteiger partial charge in [-0.3, -0.25) is 0 Å². The SMILES string of the molecule is CSc1ccc(CCC#N)cc1Br. The Labute approximate surface area is 91.3 Å². The Balaban J connectivity index is 2.78. The zero-order valence-corrected chi connectivity index (χ0v) is 9.78. The van der Waals surface area contributed by atoms with Gasteiger partial charge in [0.2, 0.25) is 0 Å². The Bertz CT molecular complexity index is 330. The predicted octanol–water partition coefficient (Wildman–Crippen LogP) is 3.63. The van der Waals surface area contributed by atoms with E-state index in [9.17, 15) is 0 Å². The van der Waals surface area contributed by atoms with E-state index in [-0.39, 0.29) is 0 Å². The molecule has 0 fully saturated rings. The largest absolute Gasteiger partial charge is 0.198 e. The molecule has 68 valence electrons. The lowest BCUT2D eigenvalue weighted by molar-refractivity contribution is 1.01. The van der Waals surface area contributed by atoms with Gasteiger partial charge in [0.15, 0.2) is 0 Å². The molecule has 0 radical (unpaired) electrons. The molecule has 0 unspecified atom stereocenters. The highest BCUT2D eigenvalue weighted by atomic mass is 79.9. The van der Waals surface area contributed by atoms with E-state index in [4.69, 9.17) is 5.26 Å². The van der Waals surface area contributed by atoms with Gasteiger partial charge < -0.3 is 0 Å². The van der Waals surface area contributed by atoms with Crippen LogP contribution in [-0.2, 0) is 6.42 Å². The van der Waals surface area contributed by atoms with E-state index in [1.807, 2.05) is 0 Å². The van der Waals surface area contributed by atoms with Crippen LogP contribution in [0.25, 0.3) is 0 Å². The third-order valence-corrected chi connectivity index (χ3v) is 3.46. The smallest absolute Gasteiger partial charge is 0.0625 e.